The molecule has 1 atom stereocenters. The van der Waals surface area contributed by atoms with Gasteiger partial charge in [-0.25, -0.2) is 0 Å². The van der Waals surface area contributed by atoms with E-state index in [1.165, 1.54) is 11.1 Å². The molecule has 1 aliphatic carbocycles. The fourth-order valence-corrected chi connectivity index (χ4v) is 2.65. The van der Waals surface area contributed by atoms with Crippen molar-refractivity contribution < 1.29 is 9.90 Å². The summed E-state index contributed by atoms with van der Waals surface area (Å²) >= 11 is 0. The first kappa shape index (κ1) is 10.2. The fourth-order valence-electron chi connectivity index (χ4n) is 2.65. The van der Waals surface area contributed by atoms with Crippen LogP contribution < -0.4 is 0 Å². The number of hydrogen-bond donors (Lipinski definition) is 1. The number of carboxylic acid groups (broad SMARTS) is 1. The van der Waals surface area contributed by atoms with E-state index >= 15 is 0 Å². The summed E-state index contributed by atoms with van der Waals surface area (Å²) in [6.45, 7) is 2.07. The third kappa shape index (κ3) is 1.89. The number of carbonyl (C=O) groups is 1. The minimum absolute atomic E-state index is 0.166. The highest BCUT2D eigenvalue weighted by Crippen LogP contribution is 2.39. The van der Waals surface area contributed by atoms with Gasteiger partial charge in [0.15, 0.2) is 0 Å². The Hall–Kier alpha value is -1.31. The molecule has 0 heterocycles. The van der Waals surface area contributed by atoms with Crippen LogP contribution in [0.3, 0.4) is 0 Å². The van der Waals surface area contributed by atoms with E-state index in [0.29, 0.717) is 0 Å². The summed E-state index contributed by atoms with van der Waals surface area (Å²) in [5.74, 6) is -0.700. The molecule has 2 heteroatoms. The summed E-state index contributed by atoms with van der Waals surface area (Å²) < 4.78 is 0. The summed E-state index contributed by atoms with van der Waals surface area (Å²) in [4.78, 5) is 10.9. The summed E-state index contributed by atoms with van der Waals surface area (Å²) in [7, 11) is 0. The van der Waals surface area contributed by atoms with Gasteiger partial charge in [-0.3, -0.25) is 4.79 Å². The van der Waals surface area contributed by atoms with Crippen LogP contribution in [0.2, 0.25) is 0 Å². The smallest absolute Gasteiger partial charge is 0.304 e. The van der Waals surface area contributed by atoms with Crippen molar-refractivity contribution in [2.24, 2.45) is 0 Å². The van der Waals surface area contributed by atoms with Gasteiger partial charge in [0.1, 0.15) is 0 Å². The fraction of sp³-hybridized carbons (Fsp3) is 0.462. The van der Waals surface area contributed by atoms with Crippen LogP contribution in [-0.2, 0) is 16.6 Å². The molecular weight excluding hydrogens is 188 g/mol. The van der Waals surface area contributed by atoms with Gasteiger partial charge in [-0.2, -0.15) is 0 Å². The molecule has 0 bridgehead atoms. The van der Waals surface area contributed by atoms with Crippen molar-refractivity contribution in [3.8, 4) is 0 Å². The number of fused-ring (bicyclic) bond motifs is 1. The Balaban J connectivity index is 2.40. The quantitative estimate of drug-likeness (QED) is 0.804. The van der Waals surface area contributed by atoms with Crippen molar-refractivity contribution in [3.63, 3.8) is 0 Å². The molecular formula is C13H16O2. The molecule has 0 aliphatic heterocycles. The summed E-state index contributed by atoms with van der Waals surface area (Å²) in [5, 5.41) is 8.96. The van der Waals surface area contributed by atoms with E-state index in [1.54, 1.807) is 0 Å². The van der Waals surface area contributed by atoms with Crippen LogP contribution in [0.15, 0.2) is 24.3 Å². The predicted molar refractivity (Wildman–Crippen MR) is 59.0 cm³/mol. The third-order valence-corrected chi connectivity index (χ3v) is 3.38. The van der Waals surface area contributed by atoms with E-state index in [2.05, 4.69) is 19.1 Å². The van der Waals surface area contributed by atoms with Gasteiger partial charge in [-0.05, 0) is 30.4 Å². The molecule has 2 rings (SSSR count). The molecule has 80 valence electrons. The molecule has 0 spiro atoms. The van der Waals surface area contributed by atoms with Gasteiger partial charge >= 0.3 is 5.97 Å². The van der Waals surface area contributed by atoms with Crippen LogP contribution in [0, 0.1) is 0 Å². The molecule has 1 N–H and O–H groups in total. The molecule has 1 unspecified atom stereocenters. The van der Waals surface area contributed by atoms with E-state index in [9.17, 15) is 4.79 Å². The third-order valence-electron chi connectivity index (χ3n) is 3.38. The largest absolute Gasteiger partial charge is 0.481 e. The first-order valence-corrected chi connectivity index (χ1v) is 5.42. The van der Waals surface area contributed by atoms with E-state index in [-0.39, 0.29) is 11.8 Å². The topological polar surface area (TPSA) is 37.3 Å². The van der Waals surface area contributed by atoms with Crippen molar-refractivity contribution in [1.29, 1.82) is 0 Å². The molecule has 2 nitrogen and oxygen atoms in total. The summed E-state index contributed by atoms with van der Waals surface area (Å²) in [6, 6.07) is 8.24. The Labute approximate surface area is 89.9 Å². The van der Waals surface area contributed by atoms with Gasteiger partial charge in [0.2, 0.25) is 0 Å². The van der Waals surface area contributed by atoms with Crippen LogP contribution >= 0.6 is 0 Å². The molecule has 0 radical (unpaired) electrons. The number of aryl methyl sites for hydroxylation is 1. The number of carboxylic acids is 1. The SMILES string of the molecule is CC1(CC(=O)O)CCCc2ccccc21. The molecule has 0 aromatic heterocycles. The van der Waals surface area contributed by atoms with Gasteiger partial charge in [0.25, 0.3) is 0 Å². The highest BCUT2D eigenvalue weighted by molar-refractivity contribution is 5.69. The maximum atomic E-state index is 10.9. The number of hydrogen-bond acceptors (Lipinski definition) is 1. The van der Waals surface area contributed by atoms with Crippen LogP contribution in [0.1, 0.15) is 37.3 Å². The van der Waals surface area contributed by atoms with Crippen molar-refractivity contribution in [2.75, 3.05) is 0 Å². The maximum Gasteiger partial charge on any atom is 0.304 e. The summed E-state index contributed by atoms with van der Waals surface area (Å²) in [5.41, 5.74) is 2.40. The van der Waals surface area contributed by atoms with Crippen LogP contribution in [0.4, 0.5) is 0 Å². The lowest BCUT2D eigenvalue weighted by Crippen LogP contribution is -2.30. The maximum absolute atomic E-state index is 10.9. The predicted octanol–water partition coefficient (Wildman–Crippen LogP) is 2.76. The monoisotopic (exact) mass is 204 g/mol. The van der Waals surface area contributed by atoms with Crippen LogP contribution in [-0.4, -0.2) is 11.1 Å². The molecule has 1 aliphatic rings. The second-order valence-electron chi connectivity index (χ2n) is 4.64. The second kappa shape index (κ2) is 3.69. The second-order valence-corrected chi connectivity index (χ2v) is 4.64. The van der Waals surface area contributed by atoms with Crippen molar-refractivity contribution in [1.82, 2.24) is 0 Å². The standard InChI is InChI=1S/C13H16O2/c1-13(9-12(14)15)8-4-6-10-5-2-3-7-11(10)13/h2-3,5,7H,4,6,8-9H2,1H3,(H,14,15). The Morgan fingerprint density at radius 2 is 2.20 bits per heavy atom. The first-order valence-electron chi connectivity index (χ1n) is 5.42. The molecule has 1 aromatic rings. The van der Waals surface area contributed by atoms with Crippen LogP contribution in [0.5, 0.6) is 0 Å². The highest BCUT2D eigenvalue weighted by Gasteiger charge is 2.33. The van der Waals surface area contributed by atoms with Gasteiger partial charge < -0.3 is 5.11 Å². The molecule has 1 aromatic carbocycles. The Bertz CT molecular complexity index is 384. The van der Waals surface area contributed by atoms with E-state index < -0.39 is 5.97 Å². The van der Waals surface area contributed by atoms with Gasteiger partial charge in [0.05, 0.1) is 6.42 Å². The van der Waals surface area contributed by atoms with Crippen LogP contribution in [0.25, 0.3) is 0 Å². The Morgan fingerprint density at radius 3 is 2.93 bits per heavy atom. The normalized spacial score (nSPS) is 24.6. The average Bonchev–Trinajstić information content (AvgIpc) is 2.17. The first-order chi connectivity index (χ1) is 7.12. The highest BCUT2D eigenvalue weighted by atomic mass is 16.4. The molecule has 0 amide bonds. The van der Waals surface area contributed by atoms with E-state index in [0.717, 1.165) is 19.3 Å². The zero-order chi connectivity index (χ0) is 10.9. The van der Waals surface area contributed by atoms with Gasteiger partial charge in [-0.15, -0.1) is 0 Å². The number of rotatable bonds is 2. The van der Waals surface area contributed by atoms with Crippen molar-refractivity contribution in [2.45, 2.75) is 38.0 Å². The minimum atomic E-state index is -0.700. The molecule has 0 saturated heterocycles. The van der Waals surface area contributed by atoms with Crippen molar-refractivity contribution >= 4 is 5.97 Å². The molecule has 15 heavy (non-hydrogen) atoms. The Kier molecular flexibility index (Phi) is 2.51. The van der Waals surface area contributed by atoms with E-state index in [1.807, 2.05) is 12.1 Å². The zero-order valence-corrected chi connectivity index (χ0v) is 8.99. The minimum Gasteiger partial charge on any atom is -0.481 e. The average molecular weight is 204 g/mol. The van der Waals surface area contributed by atoms with Gasteiger partial charge in [0, 0.05) is 5.41 Å². The summed E-state index contributed by atoms with van der Waals surface area (Å²) in [6.07, 6.45) is 3.41. The zero-order valence-electron chi connectivity index (χ0n) is 8.99. The number of aliphatic carboxylic acids is 1. The number of benzene rings is 1. The van der Waals surface area contributed by atoms with Crippen molar-refractivity contribution in [3.05, 3.63) is 35.4 Å². The lowest BCUT2D eigenvalue weighted by Gasteiger charge is -2.34. The molecule has 0 saturated carbocycles. The van der Waals surface area contributed by atoms with E-state index in [4.69, 9.17) is 5.11 Å². The molecule has 0 fully saturated rings. The lowest BCUT2D eigenvalue weighted by molar-refractivity contribution is -0.138. The Morgan fingerprint density at radius 1 is 1.47 bits per heavy atom. The lowest BCUT2D eigenvalue weighted by atomic mass is 9.69. The van der Waals surface area contributed by atoms with Gasteiger partial charge in [-0.1, -0.05) is 31.2 Å².